The molecular formula is C28H32FN3O7S. The first-order valence-electron chi connectivity index (χ1n) is 13.1. The second-order valence-corrected chi connectivity index (χ2v) is 11.6. The van der Waals surface area contributed by atoms with E-state index in [4.69, 9.17) is 18.6 Å². The fourth-order valence-corrected chi connectivity index (χ4v) is 6.10. The second-order valence-electron chi connectivity index (χ2n) is 9.62. The van der Waals surface area contributed by atoms with Crippen LogP contribution in [0.25, 0.3) is 0 Å². The number of sulfonamides is 1. The lowest BCUT2D eigenvalue weighted by atomic mass is 10.2. The van der Waals surface area contributed by atoms with Crippen molar-refractivity contribution in [2.75, 3.05) is 52.7 Å². The maximum absolute atomic E-state index is 13.8. The molecule has 214 valence electrons. The molecule has 1 amide bonds. The predicted molar refractivity (Wildman–Crippen MR) is 143 cm³/mol. The number of carbonyl (C=O) groups is 1. The van der Waals surface area contributed by atoms with Crippen LogP contribution < -0.4 is 9.47 Å². The lowest BCUT2D eigenvalue weighted by Gasteiger charge is -2.29. The monoisotopic (exact) mass is 573 g/mol. The molecule has 2 aromatic carbocycles. The molecule has 2 aliphatic heterocycles. The van der Waals surface area contributed by atoms with Gasteiger partial charge in [-0.1, -0.05) is 6.07 Å². The van der Waals surface area contributed by atoms with E-state index in [0.29, 0.717) is 43.4 Å². The third-order valence-electron chi connectivity index (χ3n) is 6.84. The van der Waals surface area contributed by atoms with Crippen LogP contribution in [-0.2, 0) is 32.6 Å². The number of halogens is 1. The van der Waals surface area contributed by atoms with Crippen molar-refractivity contribution in [2.24, 2.45) is 0 Å². The number of morpholine rings is 1. The van der Waals surface area contributed by atoms with Gasteiger partial charge in [0.05, 0.1) is 37.5 Å². The first-order chi connectivity index (χ1) is 19.4. The van der Waals surface area contributed by atoms with Crippen LogP contribution in [0.1, 0.15) is 17.7 Å². The van der Waals surface area contributed by atoms with Crippen LogP contribution in [0.2, 0.25) is 0 Å². The van der Waals surface area contributed by atoms with Crippen LogP contribution in [0.3, 0.4) is 0 Å². The molecule has 40 heavy (non-hydrogen) atoms. The zero-order valence-corrected chi connectivity index (χ0v) is 22.9. The average molecular weight is 574 g/mol. The predicted octanol–water partition coefficient (Wildman–Crippen LogP) is 3.09. The van der Waals surface area contributed by atoms with Gasteiger partial charge in [-0.25, -0.2) is 12.8 Å². The third kappa shape index (κ3) is 7.00. The Bertz CT molecular complexity index is 1380. The van der Waals surface area contributed by atoms with Gasteiger partial charge in [-0.05, 0) is 67.1 Å². The smallest absolute Gasteiger partial charge is 0.243 e. The molecule has 10 nitrogen and oxygen atoms in total. The zero-order valence-electron chi connectivity index (χ0n) is 22.0. The molecule has 0 aliphatic carbocycles. The van der Waals surface area contributed by atoms with Crippen LogP contribution in [0, 0.1) is 5.82 Å². The Morgan fingerprint density at radius 2 is 1.75 bits per heavy atom. The van der Waals surface area contributed by atoms with Crippen LogP contribution in [0.4, 0.5) is 4.39 Å². The van der Waals surface area contributed by atoms with Crippen LogP contribution in [-0.4, -0.2) is 81.2 Å². The summed E-state index contributed by atoms with van der Waals surface area (Å²) < 4.78 is 63.8. The lowest BCUT2D eigenvalue weighted by Crippen LogP contribution is -2.44. The number of rotatable bonds is 12. The number of amides is 1. The van der Waals surface area contributed by atoms with Crippen molar-refractivity contribution in [1.29, 1.82) is 0 Å². The van der Waals surface area contributed by atoms with Gasteiger partial charge in [0.25, 0.3) is 0 Å². The van der Waals surface area contributed by atoms with Gasteiger partial charge in [0, 0.05) is 26.2 Å². The third-order valence-corrected chi connectivity index (χ3v) is 8.70. The van der Waals surface area contributed by atoms with Crippen molar-refractivity contribution in [1.82, 2.24) is 14.1 Å². The first-order valence-corrected chi connectivity index (χ1v) is 14.6. The topological polar surface area (TPSA) is 102 Å². The number of ether oxygens (including phenoxy) is 3. The second kappa shape index (κ2) is 12.8. The number of carbonyl (C=O) groups excluding carboxylic acids is 1. The van der Waals surface area contributed by atoms with Gasteiger partial charge >= 0.3 is 0 Å². The van der Waals surface area contributed by atoms with Crippen molar-refractivity contribution in [3.8, 4) is 11.5 Å². The highest BCUT2D eigenvalue weighted by atomic mass is 32.2. The van der Waals surface area contributed by atoms with Gasteiger partial charge < -0.3 is 23.5 Å². The van der Waals surface area contributed by atoms with Crippen LogP contribution in [0.15, 0.2) is 70.2 Å². The van der Waals surface area contributed by atoms with Crippen molar-refractivity contribution < 1.29 is 36.2 Å². The van der Waals surface area contributed by atoms with E-state index in [1.54, 1.807) is 29.2 Å². The molecule has 0 unspecified atom stereocenters. The van der Waals surface area contributed by atoms with Gasteiger partial charge in [0.2, 0.25) is 22.7 Å². The number of furan rings is 1. The Balaban J connectivity index is 1.35. The van der Waals surface area contributed by atoms with E-state index >= 15 is 0 Å². The van der Waals surface area contributed by atoms with Crippen LogP contribution >= 0.6 is 0 Å². The van der Waals surface area contributed by atoms with E-state index in [0.717, 1.165) is 30.8 Å². The molecule has 0 atom stereocenters. The fraction of sp³-hybridized carbons (Fsp3) is 0.393. The molecule has 1 fully saturated rings. The number of hydrogen-bond donors (Lipinski definition) is 0. The van der Waals surface area contributed by atoms with Crippen LogP contribution in [0.5, 0.6) is 11.5 Å². The Labute approximate surface area is 232 Å². The lowest BCUT2D eigenvalue weighted by molar-refractivity contribution is -0.133. The van der Waals surface area contributed by atoms with E-state index in [9.17, 15) is 17.6 Å². The Hall–Kier alpha value is -3.45. The molecule has 2 aliphatic rings. The molecule has 5 rings (SSSR count). The Morgan fingerprint density at radius 3 is 2.50 bits per heavy atom. The summed E-state index contributed by atoms with van der Waals surface area (Å²) in [5.41, 5.74) is 0.796. The summed E-state index contributed by atoms with van der Waals surface area (Å²) in [5.74, 6) is 0.846. The van der Waals surface area contributed by atoms with Gasteiger partial charge in [-0.2, -0.15) is 4.31 Å². The summed E-state index contributed by atoms with van der Waals surface area (Å²) in [5, 5.41) is 0. The first kappa shape index (κ1) is 28.1. The maximum atomic E-state index is 13.8. The van der Waals surface area contributed by atoms with Crippen molar-refractivity contribution >= 4 is 15.9 Å². The van der Waals surface area contributed by atoms with E-state index < -0.39 is 21.7 Å². The normalized spacial score (nSPS) is 15.4. The summed E-state index contributed by atoms with van der Waals surface area (Å²) in [6.07, 6.45) is 2.05. The molecule has 1 saturated heterocycles. The molecule has 0 bridgehead atoms. The molecule has 3 heterocycles. The summed E-state index contributed by atoms with van der Waals surface area (Å²) >= 11 is 0. The van der Waals surface area contributed by atoms with Gasteiger partial charge in [-0.3, -0.25) is 9.69 Å². The summed E-state index contributed by atoms with van der Waals surface area (Å²) in [4.78, 5) is 17.4. The van der Waals surface area contributed by atoms with Gasteiger partial charge in [0.15, 0.2) is 11.5 Å². The molecule has 1 aromatic heterocycles. The van der Waals surface area contributed by atoms with E-state index in [1.807, 2.05) is 6.07 Å². The standard InChI is InChI=1S/C28H32FN3O7S/c29-23-5-7-25(8-6-23)40(34,35)32(11-2-10-30-12-15-36-16-13-30)20-28(33)31(19-24-3-1-14-37-24)18-22-4-9-26-27(17-22)39-21-38-26/h1,3-9,14,17H,2,10-13,15-16,18-21H2. The van der Waals surface area contributed by atoms with E-state index in [1.165, 1.54) is 22.7 Å². The summed E-state index contributed by atoms with van der Waals surface area (Å²) in [6.45, 7) is 3.72. The van der Waals surface area contributed by atoms with Crippen molar-refractivity contribution in [3.63, 3.8) is 0 Å². The zero-order chi connectivity index (χ0) is 28.0. The fourth-order valence-electron chi connectivity index (χ4n) is 4.67. The average Bonchev–Trinajstić information content (AvgIpc) is 3.65. The molecule has 0 N–H and O–H groups in total. The molecule has 0 spiro atoms. The molecule has 0 saturated carbocycles. The molecular weight excluding hydrogens is 541 g/mol. The Morgan fingerprint density at radius 1 is 0.975 bits per heavy atom. The number of hydrogen-bond acceptors (Lipinski definition) is 8. The highest BCUT2D eigenvalue weighted by molar-refractivity contribution is 7.89. The molecule has 3 aromatic rings. The van der Waals surface area contributed by atoms with E-state index in [2.05, 4.69) is 4.90 Å². The summed E-state index contributed by atoms with van der Waals surface area (Å²) in [7, 11) is -4.08. The van der Waals surface area contributed by atoms with Gasteiger partial charge in [-0.15, -0.1) is 0 Å². The highest BCUT2D eigenvalue weighted by Gasteiger charge is 2.29. The quantitative estimate of drug-likeness (QED) is 0.326. The number of fused-ring (bicyclic) bond motifs is 1. The van der Waals surface area contributed by atoms with Crippen molar-refractivity contribution in [3.05, 3.63) is 78.0 Å². The van der Waals surface area contributed by atoms with Gasteiger partial charge in [0.1, 0.15) is 11.6 Å². The van der Waals surface area contributed by atoms with Crippen molar-refractivity contribution in [2.45, 2.75) is 24.4 Å². The summed E-state index contributed by atoms with van der Waals surface area (Å²) in [6, 6.07) is 13.6. The molecule has 12 heteroatoms. The highest BCUT2D eigenvalue weighted by Crippen LogP contribution is 2.33. The molecule has 0 radical (unpaired) electrons. The van der Waals surface area contributed by atoms with E-state index in [-0.39, 0.29) is 37.9 Å². The number of nitrogens with zero attached hydrogens (tertiary/aromatic N) is 3. The Kier molecular flexibility index (Phi) is 9.00. The number of benzene rings is 2. The minimum atomic E-state index is -4.08. The largest absolute Gasteiger partial charge is 0.467 e. The SMILES string of the molecule is O=C(CN(CCCN1CCOCC1)S(=O)(=O)c1ccc(F)cc1)N(Cc1ccc2c(c1)OCO2)Cc1ccco1. The minimum absolute atomic E-state index is 0.0681. The minimum Gasteiger partial charge on any atom is -0.467 e. The maximum Gasteiger partial charge on any atom is 0.243 e.